The highest BCUT2D eigenvalue weighted by atomic mass is 35.5. The number of nitriles is 1. The minimum absolute atomic E-state index is 0.167. The van der Waals surface area contributed by atoms with Crippen LogP contribution in [0.4, 0.5) is 5.82 Å². The number of rotatable bonds is 2. The second-order valence-electron chi connectivity index (χ2n) is 2.25. The molecule has 0 aromatic carbocycles. The lowest BCUT2D eigenvalue weighted by Gasteiger charge is -2.03. The topological polar surface area (TPSA) is 62.7 Å². The van der Waals surface area contributed by atoms with Crippen LogP contribution in [0.25, 0.3) is 0 Å². The fourth-order valence-electron chi connectivity index (χ4n) is 0.835. The number of thioether (sulfide) groups is 1. The molecule has 1 rings (SSSR count). The van der Waals surface area contributed by atoms with E-state index in [9.17, 15) is 0 Å². The van der Waals surface area contributed by atoms with Crippen LogP contribution < -0.4 is 5.73 Å². The van der Waals surface area contributed by atoms with Gasteiger partial charge in [-0.15, -0.1) is 11.8 Å². The van der Waals surface area contributed by atoms with Gasteiger partial charge in [-0.05, 0) is 11.8 Å². The minimum Gasteiger partial charge on any atom is -0.383 e. The van der Waals surface area contributed by atoms with Gasteiger partial charge in [0, 0.05) is 0 Å². The molecule has 0 aliphatic heterocycles. The average Bonchev–Trinajstić information content (AvgIpc) is 2.10. The normalized spacial score (nSPS) is 9.62. The van der Waals surface area contributed by atoms with Gasteiger partial charge in [0.15, 0.2) is 0 Å². The van der Waals surface area contributed by atoms with Crippen LogP contribution >= 0.6 is 23.4 Å². The third kappa shape index (κ3) is 2.27. The number of hydrogen-bond acceptors (Lipinski definition) is 4. The van der Waals surface area contributed by atoms with Gasteiger partial charge in [0.05, 0.1) is 10.5 Å². The fraction of sp³-hybridized carbons (Fsp3) is 0.250. The van der Waals surface area contributed by atoms with Crippen LogP contribution in [0.3, 0.4) is 0 Å². The maximum atomic E-state index is 8.68. The molecule has 3 nitrogen and oxygen atoms in total. The lowest BCUT2D eigenvalue weighted by molar-refractivity contribution is 1.23. The molecule has 0 unspecified atom stereocenters. The first kappa shape index (κ1) is 10.2. The van der Waals surface area contributed by atoms with E-state index in [0.717, 1.165) is 10.6 Å². The van der Waals surface area contributed by atoms with Crippen molar-refractivity contribution in [2.24, 2.45) is 0 Å². The predicted octanol–water partition coefficient (Wildman–Crippen LogP) is 2.30. The van der Waals surface area contributed by atoms with Crippen LogP contribution in [0.1, 0.15) is 12.5 Å². The number of anilines is 1. The lowest BCUT2D eigenvalue weighted by atomic mass is 10.3. The van der Waals surface area contributed by atoms with Crippen LogP contribution in [0.5, 0.6) is 0 Å². The number of pyridine rings is 1. The van der Waals surface area contributed by atoms with Crippen LogP contribution in [0.2, 0.25) is 5.15 Å². The number of aromatic nitrogens is 1. The molecule has 0 aliphatic carbocycles. The van der Waals surface area contributed by atoms with E-state index < -0.39 is 0 Å². The van der Waals surface area contributed by atoms with Crippen molar-refractivity contribution in [2.45, 2.75) is 11.8 Å². The highest BCUT2D eigenvalue weighted by molar-refractivity contribution is 7.99. The summed E-state index contributed by atoms with van der Waals surface area (Å²) >= 11 is 7.22. The van der Waals surface area contributed by atoms with Gasteiger partial charge in [-0.25, -0.2) is 4.98 Å². The molecule has 0 amide bonds. The van der Waals surface area contributed by atoms with Crippen molar-refractivity contribution in [1.29, 1.82) is 5.26 Å². The first-order chi connectivity index (χ1) is 6.19. The van der Waals surface area contributed by atoms with Crippen molar-refractivity contribution in [1.82, 2.24) is 4.98 Å². The van der Waals surface area contributed by atoms with Crippen LogP contribution in [0.15, 0.2) is 11.0 Å². The second-order valence-corrected chi connectivity index (χ2v) is 3.92. The van der Waals surface area contributed by atoms with Gasteiger partial charge in [-0.1, -0.05) is 18.5 Å². The van der Waals surface area contributed by atoms with E-state index in [1.165, 1.54) is 0 Å². The summed E-state index contributed by atoms with van der Waals surface area (Å²) in [5.74, 6) is 1.27. The summed E-state index contributed by atoms with van der Waals surface area (Å²) in [5, 5.41) is 8.84. The summed E-state index contributed by atoms with van der Waals surface area (Å²) in [4.78, 5) is 4.67. The van der Waals surface area contributed by atoms with Crippen molar-refractivity contribution in [2.75, 3.05) is 11.5 Å². The maximum absolute atomic E-state index is 8.68. The quantitative estimate of drug-likeness (QED) is 0.605. The first-order valence-electron chi connectivity index (χ1n) is 3.68. The van der Waals surface area contributed by atoms with Gasteiger partial charge in [0.2, 0.25) is 0 Å². The zero-order valence-electron chi connectivity index (χ0n) is 7.04. The molecule has 0 aliphatic rings. The zero-order valence-corrected chi connectivity index (χ0v) is 8.61. The van der Waals surface area contributed by atoms with Gasteiger partial charge in [0.1, 0.15) is 17.0 Å². The Morgan fingerprint density at radius 3 is 3.00 bits per heavy atom. The van der Waals surface area contributed by atoms with E-state index in [2.05, 4.69) is 4.98 Å². The number of nitrogen functional groups attached to an aromatic ring is 1. The molecule has 13 heavy (non-hydrogen) atoms. The Morgan fingerprint density at radius 2 is 2.46 bits per heavy atom. The molecular formula is C8H8ClN3S. The molecule has 2 N–H and O–H groups in total. The van der Waals surface area contributed by atoms with Gasteiger partial charge < -0.3 is 5.73 Å². The molecule has 0 atom stereocenters. The van der Waals surface area contributed by atoms with E-state index in [0.29, 0.717) is 11.4 Å². The number of nitrogens with zero attached hydrogens (tertiary/aromatic N) is 2. The van der Waals surface area contributed by atoms with Crippen molar-refractivity contribution in [3.05, 3.63) is 16.8 Å². The molecule has 1 heterocycles. The molecule has 0 fully saturated rings. The standard InChI is InChI=1S/C8H8ClN3S/c1-2-13-6-3-5(4-10)7(9)12-8(6)11/h3H,2H2,1H3,(H2,11,12). The van der Waals surface area contributed by atoms with E-state index in [-0.39, 0.29) is 5.15 Å². The lowest BCUT2D eigenvalue weighted by Crippen LogP contribution is -1.95. The summed E-state index contributed by atoms with van der Waals surface area (Å²) in [7, 11) is 0. The van der Waals surface area contributed by atoms with E-state index >= 15 is 0 Å². The van der Waals surface area contributed by atoms with Gasteiger partial charge in [-0.3, -0.25) is 0 Å². The van der Waals surface area contributed by atoms with Crippen molar-refractivity contribution in [3.63, 3.8) is 0 Å². The second kappa shape index (κ2) is 4.35. The van der Waals surface area contributed by atoms with Gasteiger partial charge in [-0.2, -0.15) is 5.26 Å². The molecule has 0 spiro atoms. The predicted molar refractivity (Wildman–Crippen MR) is 54.8 cm³/mol. The first-order valence-corrected chi connectivity index (χ1v) is 5.04. The minimum atomic E-state index is 0.167. The zero-order chi connectivity index (χ0) is 9.84. The maximum Gasteiger partial charge on any atom is 0.149 e. The fourth-order valence-corrected chi connectivity index (χ4v) is 1.73. The Morgan fingerprint density at radius 1 is 1.77 bits per heavy atom. The third-order valence-corrected chi connectivity index (χ3v) is 2.60. The summed E-state index contributed by atoms with van der Waals surface area (Å²) in [6.07, 6.45) is 0. The van der Waals surface area contributed by atoms with Gasteiger partial charge in [0.25, 0.3) is 0 Å². The highest BCUT2D eigenvalue weighted by Crippen LogP contribution is 2.27. The Hall–Kier alpha value is -0.920. The van der Waals surface area contributed by atoms with Crippen molar-refractivity contribution in [3.8, 4) is 6.07 Å². The van der Waals surface area contributed by atoms with E-state index in [1.54, 1.807) is 17.8 Å². The molecule has 1 aromatic rings. The summed E-state index contributed by atoms with van der Waals surface area (Å²) < 4.78 is 0. The monoisotopic (exact) mass is 213 g/mol. The Kier molecular flexibility index (Phi) is 3.40. The largest absolute Gasteiger partial charge is 0.383 e. The molecule has 5 heteroatoms. The van der Waals surface area contributed by atoms with E-state index in [4.69, 9.17) is 22.6 Å². The summed E-state index contributed by atoms with van der Waals surface area (Å²) in [6.45, 7) is 2.00. The SMILES string of the molecule is CCSc1cc(C#N)c(Cl)nc1N. The molecular weight excluding hydrogens is 206 g/mol. The van der Waals surface area contributed by atoms with Crippen LogP contribution in [-0.4, -0.2) is 10.7 Å². The van der Waals surface area contributed by atoms with Crippen LogP contribution in [-0.2, 0) is 0 Å². The Balaban J connectivity index is 3.16. The molecule has 0 radical (unpaired) electrons. The van der Waals surface area contributed by atoms with E-state index in [1.807, 2.05) is 13.0 Å². The third-order valence-electron chi connectivity index (χ3n) is 1.39. The molecule has 68 valence electrons. The average molecular weight is 214 g/mol. The molecule has 0 bridgehead atoms. The Bertz CT molecular complexity index is 359. The smallest absolute Gasteiger partial charge is 0.149 e. The van der Waals surface area contributed by atoms with Gasteiger partial charge >= 0.3 is 0 Å². The molecule has 0 saturated carbocycles. The number of halogens is 1. The van der Waals surface area contributed by atoms with Crippen LogP contribution in [0, 0.1) is 11.3 Å². The summed E-state index contributed by atoms with van der Waals surface area (Å²) in [6, 6.07) is 3.62. The number of hydrogen-bond donors (Lipinski definition) is 1. The number of nitrogens with two attached hydrogens (primary N) is 1. The molecule has 1 aromatic heterocycles. The highest BCUT2D eigenvalue weighted by Gasteiger charge is 2.07. The van der Waals surface area contributed by atoms with Crippen molar-refractivity contribution < 1.29 is 0 Å². The van der Waals surface area contributed by atoms with Crippen molar-refractivity contribution >= 4 is 29.2 Å². The molecule has 0 saturated heterocycles. The summed E-state index contributed by atoms with van der Waals surface area (Å²) in [5.41, 5.74) is 5.97. The Labute approximate surface area is 85.9 Å².